The van der Waals surface area contributed by atoms with E-state index in [1.807, 2.05) is 35.8 Å². The van der Waals surface area contributed by atoms with E-state index in [0.29, 0.717) is 39.0 Å². The summed E-state index contributed by atoms with van der Waals surface area (Å²) in [6, 6.07) is 14.3. The monoisotopic (exact) mass is 493 g/mol. The second-order valence-corrected chi connectivity index (χ2v) is 8.36. The van der Waals surface area contributed by atoms with Crippen LogP contribution < -0.4 is 4.74 Å². The summed E-state index contributed by atoms with van der Waals surface area (Å²) in [5.41, 5.74) is 3.24. The smallest absolute Gasteiger partial charge is 0.289 e. The Labute approximate surface area is 204 Å². The molecule has 0 radical (unpaired) electrons. The van der Waals surface area contributed by atoms with Gasteiger partial charge in [-0.2, -0.15) is 5.10 Å². The molecule has 0 spiro atoms. The molecule has 0 bridgehead atoms. The lowest BCUT2D eigenvalue weighted by Crippen LogP contribution is -2.07. The van der Waals surface area contributed by atoms with Gasteiger partial charge < -0.3 is 13.7 Å². The summed E-state index contributed by atoms with van der Waals surface area (Å²) < 4.78 is 13.1. The van der Waals surface area contributed by atoms with Gasteiger partial charge in [0, 0.05) is 39.4 Å². The van der Waals surface area contributed by atoms with Gasteiger partial charge in [-0.3, -0.25) is 4.79 Å². The van der Waals surface area contributed by atoms with Gasteiger partial charge in [0.15, 0.2) is 0 Å². The normalized spacial score (nSPS) is 11.2. The molecule has 0 aliphatic heterocycles. The maximum Gasteiger partial charge on any atom is 0.289 e. The maximum absolute atomic E-state index is 13.6. The number of nitrogens with zero attached hydrogens (tertiary/aromatic N) is 5. The molecule has 3 aromatic heterocycles. The zero-order valence-electron chi connectivity index (χ0n) is 18.1. The number of ketones is 1. The van der Waals surface area contributed by atoms with Crippen molar-refractivity contribution in [3.05, 3.63) is 87.5 Å². The van der Waals surface area contributed by atoms with Gasteiger partial charge in [0.25, 0.3) is 17.6 Å². The molecule has 3 heterocycles. The molecule has 0 saturated carbocycles. The number of rotatable bonds is 6. The highest BCUT2D eigenvalue weighted by molar-refractivity contribution is 6.35. The van der Waals surface area contributed by atoms with Gasteiger partial charge in [0.1, 0.15) is 11.4 Å². The van der Waals surface area contributed by atoms with Crippen LogP contribution >= 0.6 is 23.2 Å². The predicted octanol–water partition coefficient (Wildman–Crippen LogP) is 5.38. The van der Waals surface area contributed by atoms with Crippen molar-refractivity contribution in [2.45, 2.75) is 13.5 Å². The minimum atomic E-state index is -0.403. The molecule has 0 N–H and O–H groups in total. The Morgan fingerprint density at radius 2 is 1.94 bits per heavy atom. The molecule has 8 nitrogen and oxygen atoms in total. The van der Waals surface area contributed by atoms with Crippen molar-refractivity contribution in [3.8, 4) is 17.3 Å². The summed E-state index contributed by atoms with van der Waals surface area (Å²) in [6.45, 7) is 2.30. The molecular formula is C24H17Cl2N5O3. The van der Waals surface area contributed by atoms with E-state index in [9.17, 15) is 4.79 Å². The second kappa shape index (κ2) is 8.89. The second-order valence-electron chi connectivity index (χ2n) is 7.52. The van der Waals surface area contributed by atoms with E-state index in [2.05, 4.69) is 20.4 Å². The number of carbonyl (C=O) groups excluding carboxylic acids is 1. The Kier molecular flexibility index (Phi) is 5.77. The van der Waals surface area contributed by atoms with Crippen LogP contribution in [-0.2, 0) is 6.54 Å². The standard InChI is InChI=1S/C24H17Cl2N5O3/c1-13-21(22(32)24-30-29-23(34-24)19-4-3-9-27-28-19)17-11-16(33-2)7-8-20(17)31(13)12-14-5-6-15(25)10-18(14)26/h3-11H,12H2,1-2H3. The van der Waals surface area contributed by atoms with Crippen LogP contribution in [0.3, 0.4) is 0 Å². The molecule has 0 unspecified atom stereocenters. The van der Waals surface area contributed by atoms with Crippen LogP contribution in [0.1, 0.15) is 27.5 Å². The van der Waals surface area contributed by atoms with Crippen LogP contribution in [0.25, 0.3) is 22.5 Å². The number of hydrogen-bond donors (Lipinski definition) is 0. The molecule has 0 aliphatic rings. The van der Waals surface area contributed by atoms with Crippen molar-refractivity contribution in [2.24, 2.45) is 0 Å². The van der Waals surface area contributed by atoms with Crippen LogP contribution in [0.2, 0.25) is 10.0 Å². The van der Waals surface area contributed by atoms with Gasteiger partial charge in [0.2, 0.25) is 0 Å². The first-order valence-electron chi connectivity index (χ1n) is 10.2. The van der Waals surface area contributed by atoms with Crippen LogP contribution in [0.4, 0.5) is 0 Å². The largest absolute Gasteiger partial charge is 0.497 e. The first-order chi connectivity index (χ1) is 16.5. The highest BCUT2D eigenvalue weighted by atomic mass is 35.5. The molecule has 5 aromatic rings. The molecule has 34 heavy (non-hydrogen) atoms. The number of fused-ring (bicyclic) bond motifs is 1. The van der Waals surface area contributed by atoms with Gasteiger partial charge in [-0.05, 0) is 55.0 Å². The molecule has 0 aliphatic carbocycles. The predicted molar refractivity (Wildman–Crippen MR) is 128 cm³/mol. The number of ether oxygens (including phenoxy) is 1. The number of hydrogen-bond acceptors (Lipinski definition) is 7. The Morgan fingerprint density at radius 3 is 2.68 bits per heavy atom. The van der Waals surface area contributed by atoms with Crippen molar-refractivity contribution < 1.29 is 13.9 Å². The van der Waals surface area contributed by atoms with E-state index in [-0.39, 0.29) is 11.8 Å². The van der Waals surface area contributed by atoms with E-state index < -0.39 is 5.78 Å². The Balaban J connectivity index is 1.62. The molecule has 0 amide bonds. The topological polar surface area (TPSA) is 95.9 Å². The van der Waals surface area contributed by atoms with E-state index in [4.69, 9.17) is 32.4 Å². The fourth-order valence-corrected chi connectivity index (χ4v) is 4.31. The number of benzene rings is 2. The van der Waals surface area contributed by atoms with Crippen molar-refractivity contribution in [1.29, 1.82) is 0 Å². The van der Waals surface area contributed by atoms with E-state index in [1.54, 1.807) is 31.4 Å². The maximum atomic E-state index is 13.6. The van der Waals surface area contributed by atoms with Crippen molar-refractivity contribution in [3.63, 3.8) is 0 Å². The average Bonchev–Trinajstić information content (AvgIpc) is 3.44. The molecule has 170 valence electrons. The fourth-order valence-electron chi connectivity index (χ4n) is 3.84. The van der Waals surface area contributed by atoms with Crippen LogP contribution in [-0.4, -0.2) is 37.9 Å². The summed E-state index contributed by atoms with van der Waals surface area (Å²) in [7, 11) is 1.57. The molecule has 0 fully saturated rings. The van der Waals surface area contributed by atoms with Crippen LogP contribution in [0, 0.1) is 6.92 Å². The van der Waals surface area contributed by atoms with Gasteiger partial charge in [-0.1, -0.05) is 29.3 Å². The summed E-state index contributed by atoms with van der Waals surface area (Å²) in [5, 5.41) is 17.5. The molecule has 10 heteroatoms. The zero-order chi connectivity index (χ0) is 23.8. The first-order valence-corrected chi connectivity index (χ1v) is 11.0. The fraction of sp³-hybridized carbons (Fsp3) is 0.125. The zero-order valence-corrected chi connectivity index (χ0v) is 19.6. The first kappa shape index (κ1) is 22.1. The molecule has 2 aromatic carbocycles. The van der Waals surface area contributed by atoms with Gasteiger partial charge in [0.05, 0.1) is 12.7 Å². The summed E-state index contributed by atoms with van der Waals surface area (Å²) >= 11 is 12.5. The Hall–Kier alpha value is -3.75. The number of carbonyl (C=O) groups is 1. The molecule has 5 rings (SSSR count). The highest BCUT2D eigenvalue weighted by Gasteiger charge is 2.26. The Morgan fingerprint density at radius 1 is 1.09 bits per heavy atom. The summed E-state index contributed by atoms with van der Waals surface area (Å²) in [5.74, 6) is 0.187. The number of aromatic nitrogens is 5. The SMILES string of the molecule is COc1ccc2c(c1)c(C(=O)c1nnc(-c3cccnn3)o1)c(C)n2Cc1ccc(Cl)cc1Cl. The lowest BCUT2D eigenvalue weighted by atomic mass is 10.1. The lowest BCUT2D eigenvalue weighted by molar-refractivity contribution is 0.100. The van der Waals surface area contributed by atoms with Crippen LogP contribution in [0.15, 0.2) is 59.1 Å². The minimum Gasteiger partial charge on any atom is -0.497 e. The number of methoxy groups -OCH3 is 1. The highest BCUT2D eigenvalue weighted by Crippen LogP contribution is 2.33. The lowest BCUT2D eigenvalue weighted by Gasteiger charge is -2.11. The third-order valence-corrected chi connectivity index (χ3v) is 6.10. The van der Waals surface area contributed by atoms with E-state index >= 15 is 0 Å². The van der Waals surface area contributed by atoms with Gasteiger partial charge in [-0.25, -0.2) is 0 Å². The van der Waals surface area contributed by atoms with Crippen molar-refractivity contribution in [2.75, 3.05) is 7.11 Å². The quantitative estimate of drug-likeness (QED) is 0.292. The van der Waals surface area contributed by atoms with Gasteiger partial charge in [-0.15, -0.1) is 15.3 Å². The van der Waals surface area contributed by atoms with Crippen LogP contribution in [0.5, 0.6) is 5.75 Å². The average molecular weight is 494 g/mol. The third-order valence-electron chi connectivity index (χ3n) is 5.51. The van der Waals surface area contributed by atoms with Crippen molar-refractivity contribution >= 4 is 39.9 Å². The molecule has 0 saturated heterocycles. The minimum absolute atomic E-state index is 0.114. The summed E-state index contributed by atoms with van der Waals surface area (Å²) in [4.78, 5) is 13.6. The molecular weight excluding hydrogens is 477 g/mol. The molecule has 0 atom stereocenters. The number of halogens is 2. The summed E-state index contributed by atoms with van der Waals surface area (Å²) in [6.07, 6.45) is 1.53. The Bertz CT molecular complexity index is 1530. The van der Waals surface area contributed by atoms with Crippen molar-refractivity contribution in [1.82, 2.24) is 25.0 Å². The van der Waals surface area contributed by atoms with E-state index in [1.165, 1.54) is 6.20 Å². The van der Waals surface area contributed by atoms with Gasteiger partial charge >= 0.3 is 0 Å². The third kappa shape index (κ3) is 3.91. The van der Waals surface area contributed by atoms with E-state index in [0.717, 1.165) is 16.8 Å².